The number of hydrogen-bond acceptors (Lipinski definition) is 2. The third-order valence-electron chi connectivity index (χ3n) is 2.90. The Hall–Kier alpha value is -2.86. The molecule has 90 valence electrons. The Morgan fingerprint density at radius 3 is 2.32 bits per heavy atom. The van der Waals surface area contributed by atoms with Crippen LogP contribution in [0.4, 0.5) is 0 Å². The van der Waals surface area contributed by atoms with Crippen LogP contribution in [0.3, 0.4) is 0 Å². The van der Waals surface area contributed by atoms with Gasteiger partial charge in [-0.05, 0) is 30.3 Å². The van der Waals surface area contributed by atoms with Gasteiger partial charge >= 0.3 is 0 Å². The minimum Gasteiger partial charge on any atom is -0.265 e. The van der Waals surface area contributed by atoms with Crippen LogP contribution in [0.2, 0.25) is 0 Å². The molecule has 3 rings (SSSR count). The van der Waals surface area contributed by atoms with E-state index in [2.05, 4.69) is 16.0 Å². The van der Waals surface area contributed by atoms with E-state index in [1.165, 1.54) is 0 Å². The summed E-state index contributed by atoms with van der Waals surface area (Å²) < 4.78 is 1.88. The van der Waals surface area contributed by atoms with Gasteiger partial charge in [-0.3, -0.25) is 4.98 Å². The van der Waals surface area contributed by atoms with Crippen LogP contribution in [0, 0.1) is 12.3 Å². The summed E-state index contributed by atoms with van der Waals surface area (Å²) in [5.41, 5.74) is 3.96. The van der Waals surface area contributed by atoms with Gasteiger partial charge in [0, 0.05) is 23.5 Å². The lowest BCUT2D eigenvalue weighted by molar-refractivity contribution is 0.885. The van der Waals surface area contributed by atoms with Gasteiger partial charge in [-0.15, -0.1) is 6.42 Å². The zero-order chi connectivity index (χ0) is 13.1. The second-order valence-corrected chi connectivity index (χ2v) is 4.06. The van der Waals surface area contributed by atoms with Crippen molar-refractivity contribution < 1.29 is 0 Å². The molecule has 0 bridgehead atoms. The standard InChI is InChI=1S/C16H11N3/c1-2-13-3-5-14(6-4-13)16-9-12-18-19(16)15-7-10-17-11-8-15/h1,3-12H. The molecule has 0 aliphatic heterocycles. The first-order valence-electron chi connectivity index (χ1n) is 5.90. The highest BCUT2D eigenvalue weighted by Crippen LogP contribution is 2.22. The molecule has 0 atom stereocenters. The fraction of sp³-hybridized carbons (Fsp3) is 0. The number of benzene rings is 1. The van der Waals surface area contributed by atoms with E-state index in [-0.39, 0.29) is 0 Å². The molecular weight excluding hydrogens is 234 g/mol. The van der Waals surface area contributed by atoms with Gasteiger partial charge in [0.25, 0.3) is 0 Å². The number of aromatic nitrogens is 3. The minimum absolute atomic E-state index is 0.874. The van der Waals surface area contributed by atoms with Crippen LogP contribution in [0.1, 0.15) is 5.56 Å². The molecule has 0 fully saturated rings. The first kappa shape index (κ1) is 11.2. The average Bonchev–Trinajstić information content (AvgIpc) is 2.98. The average molecular weight is 245 g/mol. The normalized spacial score (nSPS) is 10.1. The van der Waals surface area contributed by atoms with Crippen molar-refractivity contribution in [1.82, 2.24) is 14.8 Å². The first-order chi connectivity index (χ1) is 9.38. The van der Waals surface area contributed by atoms with Crippen molar-refractivity contribution in [3.8, 4) is 29.3 Å². The van der Waals surface area contributed by atoms with Crippen LogP contribution >= 0.6 is 0 Å². The number of pyridine rings is 1. The smallest absolute Gasteiger partial charge is 0.0740 e. The molecule has 0 aliphatic rings. The monoisotopic (exact) mass is 245 g/mol. The van der Waals surface area contributed by atoms with Crippen molar-refractivity contribution in [3.63, 3.8) is 0 Å². The highest BCUT2D eigenvalue weighted by Gasteiger charge is 2.06. The summed E-state index contributed by atoms with van der Waals surface area (Å²) >= 11 is 0. The molecule has 0 amide bonds. The fourth-order valence-corrected chi connectivity index (χ4v) is 1.95. The lowest BCUT2D eigenvalue weighted by Crippen LogP contribution is -1.98. The molecule has 3 aromatic rings. The summed E-state index contributed by atoms with van der Waals surface area (Å²) in [7, 11) is 0. The van der Waals surface area contributed by atoms with Gasteiger partial charge in [0.05, 0.1) is 17.6 Å². The predicted molar refractivity (Wildman–Crippen MR) is 74.7 cm³/mol. The van der Waals surface area contributed by atoms with Crippen LogP contribution in [0.5, 0.6) is 0 Å². The summed E-state index contributed by atoms with van der Waals surface area (Å²) in [6.45, 7) is 0. The molecule has 0 radical (unpaired) electrons. The molecule has 2 aromatic heterocycles. The largest absolute Gasteiger partial charge is 0.265 e. The lowest BCUT2D eigenvalue weighted by Gasteiger charge is -2.07. The summed E-state index contributed by atoms with van der Waals surface area (Å²) in [4.78, 5) is 4.02. The third-order valence-corrected chi connectivity index (χ3v) is 2.90. The molecule has 0 spiro atoms. The quantitative estimate of drug-likeness (QED) is 0.650. The highest BCUT2D eigenvalue weighted by molar-refractivity contribution is 5.62. The van der Waals surface area contributed by atoms with E-state index in [4.69, 9.17) is 6.42 Å². The van der Waals surface area contributed by atoms with Crippen LogP contribution in [0.25, 0.3) is 16.9 Å². The number of hydrogen-bond donors (Lipinski definition) is 0. The predicted octanol–water partition coefficient (Wildman–Crippen LogP) is 2.92. The molecule has 3 heteroatoms. The maximum atomic E-state index is 5.37. The van der Waals surface area contributed by atoms with Crippen molar-refractivity contribution in [2.75, 3.05) is 0 Å². The Morgan fingerprint density at radius 2 is 1.63 bits per heavy atom. The Morgan fingerprint density at radius 1 is 0.895 bits per heavy atom. The van der Waals surface area contributed by atoms with Crippen molar-refractivity contribution in [2.45, 2.75) is 0 Å². The van der Waals surface area contributed by atoms with E-state index in [9.17, 15) is 0 Å². The molecule has 0 N–H and O–H groups in total. The Bertz CT molecular complexity index is 719. The zero-order valence-corrected chi connectivity index (χ0v) is 10.2. The molecule has 0 saturated carbocycles. The summed E-state index contributed by atoms with van der Waals surface area (Å²) in [6, 6.07) is 13.7. The summed E-state index contributed by atoms with van der Waals surface area (Å²) in [6.07, 6.45) is 10.7. The molecular formula is C16H11N3. The van der Waals surface area contributed by atoms with E-state index in [0.717, 1.165) is 22.5 Å². The highest BCUT2D eigenvalue weighted by atomic mass is 15.3. The van der Waals surface area contributed by atoms with Crippen molar-refractivity contribution in [2.24, 2.45) is 0 Å². The Kier molecular flexibility index (Phi) is 2.83. The topological polar surface area (TPSA) is 30.7 Å². The number of rotatable bonds is 2. The minimum atomic E-state index is 0.874. The molecule has 1 aromatic carbocycles. The van der Waals surface area contributed by atoms with Crippen LogP contribution in [-0.4, -0.2) is 14.8 Å². The molecule has 3 nitrogen and oxygen atoms in total. The van der Waals surface area contributed by atoms with E-state index < -0.39 is 0 Å². The van der Waals surface area contributed by atoms with Crippen molar-refractivity contribution in [3.05, 3.63) is 66.6 Å². The summed E-state index contributed by atoms with van der Waals surface area (Å²) in [5.74, 6) is 2.62. The van der Waals surface area contributed by atoms with Gasteiger partial charge in [0.2, 0.25) is 0 Å². The van der Waals surface area contributed by atoms with Crippen molar-refractivity contribution in [1.29, 1.82) is 0 Å². The van der Waals surface area contributed by atoms with Gasteiger partial charge < -0.3 is 0 Å². The third kappa shape index (κ3) is 2.12. The lowest BCUT2D eigenvalue weighted by atomic mass is 10.1. The van der Waals surface area contributed by atoms with Crippen LogP contribution in [-0.2, 0) is 0 Å². The fourth-order valence-electron chi connectivity index (χ4n) is 1.95. The second-order valence-electron chi connectivity index (χ2n) is 4.06. The molecule has 0 aliphatic carbocycles. The van der Waals surface area contributed by atoms with E-state index in [1.54, 1.807) is 18.6 Å². The Labute approximate surface area is 111 Å². The maximum Gasteiger partial charge on any atom is 0.0740 e. The van der Waals surface area contributed by atoms with Crippen LogP contribution in [0.15, 0.2) is 61.1 Å². The van der Waals surface area contributed by atoms with Gasteiger partial charge in [0.15, 0.2) is 0 Å². The van der Waals surface area contributed by atoms with Crippen LogP contribution < -0.4 is 0 Å². The summed E-state index contributed by atoms with van der Waals surface area (Å²) in [5, 5.41) is 4.35. The molecule has 19 heavy (non-hydrogen) atoms. The van der Waals surface area contributed by atoms with Gasteiger partial charge in [-0.2, -0.15) is 5.10 Å². The molecule has 2 heterocycles. The molecule has 0 unspecified atom stereocenters. The number of nitrogens with zero attached hydrogens (tertiary/aromatic N) is 3. The van der Waals surface area contributed by atoms with Crippen molar-refractivity contribution >= 4 is 0 Å². The zero-order valence-electron chi connectivity index (χ0n) is 10.2. The number of terminal acetylenes is 1. The van der Waals surface area contributed by atoms with Gasteiger partial charge in [0.1, 0.15) is 0 Å². The van der Waals surface area contributed by atoms with Gasteiger partial charge in [-0.25, -0.2) is 4.68 Å². The van der Waals surface area contributed by atoms with E-state index in [1.807, 2.05) is 47.1 Å². The first-order valence-corrected chi connectivity index (χ1v) is 5.90. The second kappa shape index (κ2) is 4.79. The SMILES string of the molecule is C#Cc1ccc(-c2ccnn2-c2ccncc2)cc1. The van der Waals surface area contributed by atoms with E-state index >= 15 is 0 Å². The van der Waals surface area contributed by atoms with E-state index in [0.29, 0.717) is 0 Å². The van der Waals surface area contributed by atoms with Gasteiger partial charge in [-0.1, -0.05) is 18.1 Å². The Balaban J connectivity index is 2.07. The molecule has 0 saturated heterocycles. The maximum absolute atomic E-state index is 5.37.